The van der Waals surface area contributed by atoms with E-state index >= 15 is 0 Å². The molecule has 0 aromatic carbocycles. The van der Waals surface area contributed by atoms with Gasteiger partial charge in [0.25, 0.3) is 0 Å². The van der Waals surface area contributed by atoms with Gasteiger partial charge in [-0.1, -0.05) is 29.5 Å². The maximum atomic E-state index is 2.70. The van der Waals surface area contributed by atoms with E-state index in [0.717, 1.165) is 5.92 Å². The second kappa shape index (κ2) is 5.53. The van der Waals surface area contributed by atoms with Gasteiger partial charge in [0, 0.05) is 9.97 Å². The molecule has 2 aliphatic rings. The number of hydrogen-bond acceptors (Lipinski definition) is 2. The molecule has 2 aliphatic heterocycles. The van der Waals surface area contributed by atoms with Gasteiger partial charge >= 0.3 is 0 Å². The number of nitrogens with zero attached hydrogens (tertiary/aromatic N) is 2. The monoisotopic (exact) mass is 336 g/mol. The summed E-state index contributed by atoms with van der Waals surface area (Å²) in [5.74, 6) is 0.967. The van der Waals surface area contributed by atoms with E-state index in [1.54, 1.807) is 0 Å². The smallest absolute Gasteiger partial charge is 0.0218 e. The molecule has 0 saturated carbocycles. The predicted octanol–water partition coefficient (Wildman–Crippen LogP) is 2.62. The first-order chi connectivity index (χ1) is 7.55. The van der Waals surface area contributed by atoms with Crippen LogP contribution in [0.5, 0.6) is 0 Å². The molecule has 0 aromatic heterocycles. The van der Waals surface area contributed by atoms with Crippen LogP contribution in [-0.4, -0.2) is 53.0 Å². The molecule has 2 saturated heterocycles. The number of hydrogen-bond donors (Lipinski definition) is 0. The molecule has 2 fully saturated rings. The largest absolute Gasteiger partial charge is 0.306 e. The van der Waals surface area contributed by atoms with Gasteiger partial charge in [-0.3, -0.25) is 0 Å². The molecule has 16 heavy (non-hydrogen) atoms. The Bertz CT molecular complexity index is 212. The molecular formula is C13H25IN2. The molecular weight excluding hydrogens is 311 g/mol. The molecule has 0 aromatic rings. The van der Waals surface area contributed by atoms with E-state index in [1.807, 2.05) is 0 Å². The minimum Gasteiger partial charge on any atom is -0.306 e. The van der Waals surface area contributed by atoms with Crippen molar-refractivity contribution >= 4 is 22.6 Å². The second-order valence-corrected chi connectivity index (χ2v) is 8.56. The maximum absolute atomic E-state index is 2.70. The molecule has 0 atom stereocenters. The van der Waals surface area contributed by atoms with E-state index in [9.17, 15) is 0 Å². The summed E-state index contributed by atoms with van der Waals surface area (Å²) in [5, 5.41) is 0. The van der Waals surface area contributed by atoms with Gasteiger partial charge in [0.05, 0.1) is 0 Å². The van der Waals surface area contributed by atoms with Gasteiger partial charge in [-0.2, -0.15) is 0 Å². The van der Waals surface area contributed by atoms with Crippen LogP contribution in [0, 0.1) is 5.92 Å². The van der Waals surface area contributed by atoms with E-state index in [4.69, 9.17) is 0 Å². The lowest BCUT2D eigenvalue weighted by atomic mass is 9.94. The Kier molecular flexibility index (Phi) is 4.52. The highest BCUT2D eigenvalue weighted by Gasteiger charge is 2.28. The number of halogens is 1. The molecule has 0 bridgehead atoms. The van der Waals surface area contributed by atoms with E-state index in [2.05, 4.69) is 46.4 Å². The first-order valence-electron chi connectivity index (χ1n) is 6.65. The molecule has 0 N–H and O–H groups in total. The Balaban J connectivity index is 1.71. The molecule has 0 aliphatic carbocycles. The molecule has 3 heteroatoms. The highest BCUT2D eigenvalue weighted by atomic mass is 127. The van der Waals surface area contributed by atoms with Crippen LogP contribution in [0.1, 0.15) is 32.6 Å². The van der Waals surface area contributed by atoms with Crippen molar-refractivity contribution in [2.24, 2.45) is 5.92 Å². The Hall–Kier alpha value is 0.650. The van der Waals surface area contributed by atoms with E-state index in [1.165, 1.54) is 58.4 Å². The highest BCUT2D eigenvalue weighted by Crippen LogP contribution is 2.31. The SMILES string of the molecule is CN1CCC(CN2CCC(C)(I)CC2)CC1. The molecule has 0 radical (unpaired) electrons. The summed E-state index contributed by atoms with van der Waals surface area (Å²) in [4.78, 5) is 5.17. The van der Waals surface area contributed by atoms with Gasteiger partial charge in [-0.15, -0.1) is 0 Å². The second-order valence-electron chi connectivity index (χ2n) is 5.96. The van der Waals surface area contributed by atoms with Crippen LogP contribution in [-0.2, 0) is 0 Å². The summed E-state index contributed by atoms with van der Waals surface area (Å²) in [5.41, 5.74) is 0. The molecule has 2 rings (SSSR count). The van der Waals surface area contributed by atoms with Crippen molar-refractivity contribution in [1.29, 1.82) is 0 Å². The fraction of sp³-hybridized carbons (Fsp3) is 1.00. The Morgan fingerprint density at radius 1 is 1.12 bits per heavy atom. The number of alkyl halides is 1. The van der Waals surface area contributed by atoms with Crippen LogP contribution >= 0.6 is 22.6 Å². The van der Waals surface area contributed by atoms with Gasteiger partial charge in [0.15, 0.2) is 0 Å². The predicted molar refractivity (Wildman–Crippen MR) is 78.3 cm³/mol. The zero-order chi connectivity index (χ0) is 11.6. The minimum atomic E-state index is 0.570. The van der Waals surface area contributed by atoms with Gasteiger partial charge in [0.2, 0.25) is 0 Å². The quantitative estimate of drug-likeness (QED) is 0.565. The van der Waals surface area contributed by atoms with Crippen molar-refractivity contribution in [2.75, 3.05) is 39.8 Å². The Morgan fingerprint density at radius 3 is 2.25 bits per heavy atom. The van der Waals surface area contributed by atoms with E-state index < -0.39 is 0 Å². The topological polar surface area (TPSA) is 6.48 Å². The van der Waals surface area contributed by atoms with Crippen LogP contribution in [0.25, 0.3) is 0 Å². The summed E-state index contributed by atoms with van der Waals surface area (Å²) >= 11 is 2.64. The fourth-order valence-corrected chi connectivity index (χ4v) is 3.29. The first-order valence-corrected chi connectivity index (χ1v) is 7.73. The maximum Gasteiger partial charge on any atom is 0.0218 e. The minimum absolute atomic E-state index is 0.570. The number of piperidine rings is 2. The normalized spacial score (nSPS) is 29.4. The van der Waals surface area contributed by atoms with Gasteiger partial charge < -0.3 is 9.80 Å². The van der Waals surface area contributed by atoms with Crippen molar-refractivity contribution < 1.29 is 0 Å². The van der Waals surface area contributed by atoms with Crippen molar-refractivity contribution in [3.63, 3.8) is 0 Å². The molecule has 0 unspecified atom stereocenters. The van der Waals surface area contributed by atoms with Gasteiger partial charge in [-0.25, -0.2) is 0 Å². The summed E-state index contributed by atoms with van der Waals surface area (Å²) < 4.78 is 0.570. The third-order valence-corrected chi connectivity index (χ3v) is 5.33. The highest BCUT2D eigenvalue weighted by molar-refractivity contribution is 14.1. The van der Waals surface area contributed by atoms with Crippen LogP contribution in [0.2, 0.25) is 0 Å². The average Bonchev–Trinajstić information content (AvgIpc) is 2.24. The summed E-state index contributed by atoms with van der Waals surface area (Å²) in [6, 6.07) is 0. The molecule has 0 amide bonds. The number of rotatable bonds is 2. The standard InChI is InChI=1S/C13H25IN2/c1-13(14)5-9-16(10-6-13)11-12-3-7-15(2)8-4-12/h12H,3-11H2,1-2H3. The van der Waals surface area contributed by atoms with Crippen LogP contribution in [0.15, 0.2) is 0 Å². The van der Waals surface area contributed by atoms with Crippen molar-refractivity contribution in [1.82, 2.24) is 9.80 Å². The lowest BCUT2D eigenvalue weighted by Crippen LogP contribution is -2.43. The lowest BCUT2D eigenvalue weighted by molar-refractivity contribution is 0.139. The van der Waals surface area contributed by atoms with Crippen molar-refractivity contribution in [3.8, 4) is 0 Å². The third kappa shape index (κ3) is 3.84. The number of likely N-dealkylation sites (tertiary alicyclic amines) is 2. The van der Waals surface area contributed by atoms with E-state index in [0.29, 0.717) is 3.42 Å². The van der Waals surface area contributed by atoms with E-state index in [-0.39, 0.29) is 0 Å². The van der Waals surface area contributed by atoms with Gasteiger partial charge in [-0.05, 0) is 64.8 Å². The molecule has 2 heterocycles. The Morgan fingerprint density at radius 2 is 1.69 bits per heavy atom. The zero-order valence-corrected chi connectivity index (χ0v) is 12.9. The van der Waals surface area contributed by atoms with Gasteiger partial charge in [0.1, 0.15) is 0 Å². The van der Waals surface area contributed by atoms with Crippen LogP contribution in [0.3, 0.4) is 0 Å². The summed E-state index contributed by atoms with van der Waals surface area (Å²) in [6.07, 6.45) is 5.57. The van der Waals surface area contributed by atoms with Crippen LogP contribution in [0.4, 0.5) is 0 Å². The molecule has 2 nitrogen and oxygen atoms in total. The zero-order valence-electron chi connectivity index (χ0n) is 10.7. The molecule has 0 spiro atoms. The lowest BCUT2D eigenvalue weighted by Gasteiger charge is -2.39. The van der Waals surface area contributed by atoms with Crippen molar-refractivity contribution in [3.05, 3.63) is 0 Å². The third-order valence-electron chi connectivity index (χ3n) is 4.25. The summed E-state index contributed by atoms with van der Waals surface area (Å²) in [7, 11) is 2.25. The fourth-order valence-electron chi connectivity index (χ4n) is 2.81. The molecule has 94 valence electrons. The Labute approximate surface area is 114 Å². The van der Waals surface area contributed by atoms with Crippen molar-refractivity contribution in [2.45, 2.75) is 36.0 Å². The van der Waals surface area contributed by atoms with Crippen LogP contribution < -0.4 is 0 Å². The first kappa shape index (κ1) is 13.1. The average molecular weight is 336 g/mol. The summed E-state index contributed by atoms with van der Waals surface area (Å²) in [6.45, 7) is 9.03.